The van der Waals surface area contributed by atoms with E-state index in [1.54, 1.807) is 0 Å². The number of hydrogen-bond donors (Lipinski definition) is 2. The lowest BCUT2D eigenvalue weighted by atomic mass is 9.95. The van der Waals surface area contributed by atoms with Crippen LogP contribution in [0.5, 0.6) is 0 Å². The van der Waals surface area contributed by atoms with Crippen LogP contribution in [-0.2, 0) is 10.0 Å². The zero-order valence-electron chi connectivity index (χ0n) is 12.9. The second-order valence-corrected chi connectivity index (χ2v) is 7.59. The quantitative estimate of drug-likeness (QED) is 0.899. The van der Waals surface area contributed by atoms with E-state index in [1.807, 2.05) is 26.0 Å². The lowest BCUT2D eigenvalue weighted by Crippen LogP contribution is -2.26. The van der Waals surface area contributed by atoms with Crippen molar-refractivity contribution in [3.8, 4) is 0 Å². The smallest absolute Gasteiger partial charge is 0.229 e. The first-order valence-corrected chi connectivity index (χ1v) is 9.22. The minimum atomic E-state index is -3.23. The monoisotopic (exact) mass is 308 g/mol. The minimum Gasteiger partial charge on any atom is -0.317 e. The molecule has 0 radical (unpaired) electrons. The van der Waals surface area contributed by atoms with Gasteiger partial charge in [0.2, 0.25) is 10.0 Å². The second-order valence-electron chi connectivity index (χ2n) is 5.84. The summed E-state index contributed by atoms with van der Waals surface area (Å²) in [6, 6.07) is 3.77. The minimum absolute atomic E-state index is 0.631. The third kappa shape index (κ3) is 4.86. The average Bonchev–Trinajstić information content (AvgIpc) is 2.37. The Bertz CT molecular complexity index is 607. The topological polar surface area (TPSA) is 58.2 Å². The van der Waals surface area contributed by atoms with Gasteiger partial charge in [0.05, 0.1) is 6.26 Å². The number of anilines is 1. The van der Waals surface area contributed by atoms with Crippen molar-refractivity contribution in [3.05, 3.63) is 34.9 Å². The molecule has 1 aromatic carbocycles. The Morgan fingerprint density at radius 1 is 1.19 bits per heavy atom. The Balaban J connectivity index is 2.18. The molecule has 1 saturated heterocycles. The molecule has 0 atom stereocenters. The van der Waals surface area contributed by atoms with Gasteiger partial charge in [0.1, 0.15) is 0 Å². The van der Waals surface area contributed by atoms with Crippen LogP contribution in [0.1, 0.15) is 29.5 Å². The van der Waals surface area contributed by atoms with Gasteiger partial charge >= 0.3 is 0 Å². The zero-order valence-corrected chi connectivity index (χ0v) is 13.8. The zero-order chi connectivity index (χ0) is 15.5. The molecule has 0 spiro atoms. The van der Waals surface area contributed by atoms with Gasteiger partial charge in [-0.25, -0.2) is 8.42 Å². The Morgan fingerprint density at radius 2 is 1.76 bits per heavy atom. The van der Waals surface area contributed by atoms with Crippen LogP contribution < -0.4 is 10.0 Å². The van der Waals surface area contributed by atoms with Crippen LogP contribution in [0.4, 0.5) is 5.69 Å². The third-order valence-electron chi connectivity index (χ3n) is 3.82. The first kappa shape index (κ1) is 16.0. The molecular weight excluding hydrogens is 284 g/mol. The van der Waals surface area contributed by atoms with Gasteiger partial charge in [-0.3, -0.25) is 4.72 Å². The highest BCUT2D eigenvalue weighted by Gasteiger charge is 2.10. The van der Waals surface area contributed by atoms with Gasteiger partial charge in [-0.2, -0.15) is 0 Å². The predicted octanol–water partition coefficient (Wildman–Crippen LogP) is 2.69. The maximum atomic E-state index is 11.3. The Kier molecular flexibility index (Phi) is 5.06. The van der Waals surface area contributed by atoms with Crippen LogP contribution in [-0.4, -0.2) is 27.8 Å². The molecule has 21 heavy (non-hydrogen) atoms. The van der Waals surface area contributed by atoms with Crippen molar-refractivity contribution in [2.45, 2.75) is 26.7 Å². The van der Waals surface area contributed by atoms with E-state index >= 15 is 0 Å². The summed E-state index contributed by atoms with van der Waals surface area (Å²) < 4.78 is 25.2. The molecule has 1 aromatic rings. The van der Waals surface area contributed by atoms with Gasteiger partial charge in [0, 0.05) is 5.69 Å². The molecule has 2 N–H and O–H groups in total. The summed E-state index contributed by atoms with van der Waals surface area (Å²) in [5, 5.41) is 3.37. The molecule has 0 unspecified atom stereocenters. The summed E-state index contributed by atoms with van der Waals surface area (Å²) in [7, 11) is -3.23. The summed E-state index contributed by atoms with van der Waals surface area (Å²) in [6.45, 7) is 6.21. The first-order valence-electron chi connectivity index (χ1n) is 7.33. The standard InChI is InChI=1S/C16H24N2O2S/c1-12-10-15(18-21(3,19)20)11-13(2)16(12)5-4-14-6-8-17-9-7-14/h4-5,10-11,14,17-18H,6-9H2,1-3H3. The summed E-state index contributed by atoms with van der Waals surface area (Å²) in [5.41, 5.74) is 4.00. The van der Waals surface area contributed by atoms with Crippen molar-refractivity contribution in [1.29, 1.82) is 0 Å². The molecular formula is C16H24N2O2S. The molecule has 2 rings (SSSR count). The van der Waals surface area contributed by atoms with Crippen LogP contribution >= 0.6 is 0 Å². The molecule has 5 heteroatoms. The van der Waals surface area contributed by atoms with Crippen LogP contribution in [0, 0.1) is 19.8 Å². The lowest BCUT2D eigenvalue weighted by Gasteiger charge is -2.19. The van der Waals surface area contributed by atoms with Gasteiger partial charge in [0.15, 0.2) is 0 Å². The fraction of sp³-hybridized carbons (Fsp3) is 0.500. The van der Waals surface area contributed by atoms with Gasteiger partial charge in [-0.15, -0.1) is 0 Å². The number of benzene rings is 1. The molecule has 0 bridgehead atoms. The van der Waals surface area contributed by atoms with Crippen LogP contribution in [0.2, 0.25) is 0 Å². The van der Waals surface area contributed by atoms with E-state index in [9.17, 15) is 8.42 Å². The van der Waals surface area contributed by atoms with Gasteiger partial charge < -0.3 is 5.32 Å². The fourth-order valence-electron chi connectivity index (χ4n) is 2.78. The van der Waals surface area contributed by atoms with E-state index in [2.05, 4.69) is 22.2 Å². The van der Waals surface area contributed by atoms with E-state index < -0.39 is 10.0 Å². The highest BCUT2D eigenvalue weighted by atomic mass is 32.2. The number of aryl methyl sites for hydroxylation is 2. The summed E-state index contributed by atoms with van der Waals surface area (Å²) in [4.78, 5) is 0. The first-order chi connectivity index (χ1) is 9.85. The van der Waals surface area contributed by atoms with Crippen LogP contribution in [0.15, 0.2) is 18.2 Å². The normalized spacial score (nSPS) is 17.3. The van der Waals surface area contributed by atoms with E-state index in [-0.39, 0.29) is 0 Å². The van der Waals surface area contributed by atoms with Crippen molar-refractivity contribution in [2.75, 3.05) is 24.1 Å². The van der Waals surface area contributed by atoms with Crippen molar-refractivity contribution >= 4 is 21.8 Å². The largest absolute Gasteiger partial charge is 0.317 e. The van der Waals surface area contributed by atoms with E-state index in [4.69, 9.17) is 0 Å². The number of rotatable bonds is 4. The number of nitrogens with one attached hydrogen (secondary N) is 2. The van der Waals surface area contributed by atoms with Gasteiger partial charge in [-0.1, -0.05) is 12.2 Å². The molecule has 116 valence electrons. The molecule has 0 aromatic heterocycles. The number of piperidine rings is 1. The third-order valence-corrected chi connectivity index (χ3v) is 4.42. The van der Waals surface area contributed by atoms with Crippen molar-refractivity contribution in [1.82, 2.24) is 5.32 Å². The molecule has 4 nitrogen and oxygen atoms in total. The second kappa shape index (κ2) is 6.62. The lowest BCUT2D eigenvalue weighted by molar-refractivity contribution is 0.438. The fourth-order valence-corrected chi connectivity index (χ4v) is 3.33. The maximum absolute atomic E-state index is 11.3. The Morgan fingerprint density at radius 3 is 2.29 bits per heavy atom. The summed E-state index contributed by atoms with van der Waals surface area (Å²) in [5.74, 6) is 0.638. The molecule has 0 amide bonds. The molecule has 1 fully saturated rings. The highest BCUT2D eigenvalue weighted by molar-refractivity contribution is 7.92. The Hall–Kier alpha value is -1.33. The SMILES string of the molecule is Cc1cc(NS(C)(=O)=O)cc(C)c1C=CC1CCNCC1. The van der Waals surface area contributed by atoms with E-state index in [1.165, 1.54) is 24.7 Å². The molecule has 0 aliphatic carbocycles. The van der Waals surface area contributed by atoms with E-state index in [0.717, 1.165) is 24.2 Å². The molecule has 0 saturated carbocycles. The van der Waals surface area contributed by atoms with Gasteiger partial charge in [-0.05, 0) is 74.5 Å². The predicted molar refractivity (Wildman–Crippen MR) is 89.0 cm³/mol. The van der Waals surface area contributed by atoms with Crippen LogP contribution in [0.3, 0.4) is 0 Å². The number of allylic oxidation sites excluding steroid dienone is 1. The number of hydrogen-bond acceptors (Lipinski definition) is 3. The highest BCUT2D eigenvalue weighted by Crippen LogP contribution is 2.23. The molecule has 1 aliphatic rings. The Labute approximate surface area is 127 Å². The maximum Gasteiger partial charge on any atom is 0.229 e. The molecule has 1 heterocycles. The van der Waals surface area contributed by atoms with Gasteiger partial charge in [0.25, 0.3) is 0 Å². The summed E-state index contributed by atoms with van der Waals surface area (Å²) >= 11 is 0. The molecule has 1 aliphatic heterocycles. The average molecular weight is 308 g/mol. The van der Waals surface area contributed by atoms with Crippen molar-refractivity contribution in [3.63, 3.8) is 0 Å². The number of sulfonamides is 1. The van der Waals surface area contributed by atoms with Crippen LogP contribution in [0.25, 0.3) is 6.08 Å². The van der Waals surface area contributed by atoms with E-state index in [0.29, 0.717) is 11.6 Å². The van der Waals surface area contributed by atoms with Crippen molar-refractivity contribution < 1.29 is 8.42 Å². The van der Waals surface area contributed by atoms with Crippen molar-refractivity contribution in [2.24, 2.45) is 5.92 Å². The summed E-state index contributed by atoms with van der Waals surface area (Å²) in [6.07, 6.45) is 8.01.